The molecule has 0 aliphatic rings. The Labute approximate surface area is 476 Å². The Bertz CT molecular complexity index is 2330. The van der Waals surface area contributed by atoms with Crippen molar-refractivity contribution in [3.8, 4) is 6.07 Å². The molecule has 2 N–H and O–H groups in total. The third-order valence-corrected chi connectivity index (χ3v) is 18.3. The average Bonchev–Trinajstić information content (AvgIpc) is 3.50. The van der Waals surface area contributed by atoms with Crippen LogP contribution in [-0.2, 0) is 26.8 Å². The van der Waals surface area contributed by atoms with Gasteiger partial charge in [-0.25, -0.2) is 0 Å². The molecule has 0 heterocycles. The minimum Gasteiger partial charge on any atom is -0.0622 e. The summed E-state index contributed by atoms with van der Waals surface area (Å²) >= 11 is 1.82. The van der Waals surface area contributed by atoms with Crippen LogP contribution in [0.2, 0.25) is 0 Å². The Hall–Kier alpha value is -6.00. The molecule has 10 heteroatoms. The van der Waals surface area contributed by atoms with Gasteiger partial charge in [-0.15, -0.1) is 0 Å². The number of hydrogen-bond donors (Lipinski definition) is 2. The number of unbranched alkanes of at least 4 members (excludes halogenated alkanes) is 2. The normalized spacial score (nSPS) is 10.2. The van der Waals surface area contributed by atoms with E-state index >= 15 is 0 Å². The van der Waals surface area contributed by atoms with Gasteiger partial charge in [-0.05, 0) is 111 Å². The number of aliphatic hydroxyl groups is 2. The van der Waals surface area contributed by atoms with Crippen molar-refractivity contribution in [2.75, 3.05) is 6.61 Å². The summed E-state index contributed by atoms with van der Waals surface area (Å²) in [4.78, 5) is 10.2. The first-order valence-electron chi connectivity index (χ1n) is 25.2. The number of nitrogens with zero attached hydrogens (tertiary/aromatic N) is 1. The number of halogens is 1. The third kappa shape index (κ3) is 25.8. The number of carbonyl (C=O) groups excluding carboxylic acids is 1. The monoisotopic (exact) mass is 1180 g/mol. The predicted octanol–water partition coefficient (Wildman–Crippen LogP) is 12.8. The summed E-state index contributed by atoms with van der Waals surface area (Å²) in [5.41, 5.74) is 0. The molecular formula is C67H68ClNO4P3Ru. The fourth-order valence-electron chi connectivity index (χ4n) is 7.50. The van der Waals surface area contributed by atoms with Crippen molar-refractivity contribution < 1.29 is 37.0 Å². The van der Waals surface area contributed by atoms with Gasteiger partial charge in [0.1, 0.15) is 5.78 Å². The zero-order valence-electron chi connectivity index (χ0n) is 43.7. The van der Waals surface area contributed by atoms with Crippen molar-refractivity contribution in [2.24, 2.45) is 0 Å². The van der Waals surface area contributed by atoms with Crippen LogP contribution >= 0.6 is 33.5 Å². The number of ketones is 1. The van der Waals surface area contributed by atoms with E-state index in [2.05, 4.69) is 289 Å². The summed E-state index contributed by atoms with van der Waals surface area (Å²) in [7, 11) is 3.23. The van der Waals surface area contributed by atoms with Crippen molar-refractivity contribution in [2.45, 2.75) is 58.5 Å². The van der Waals surface area contributed by atoms with Crippen molar-refractivity contribution in [1.29, 1.82) is 5.26 Å². The van der Waals surface area contributed by atoms with Crippen LogP contribution < -0.4 is 47.7 Å². The summed E-state index contributed by atoms with van der Waals surface area (Å²) in [5.74, 6) is 0.167. The number of carbonyl (C=O) groups is 1. The van der Waals surface area contributed by atoms with E-state index in [-0.39, 0.29) is 18.5 Å². The van der Waals surface area contributed by atoms with Crippen molar-refractivity contribution in [3.05, 3.63) is 280 Å². The summed E-state index contributed by atoms with van der Waals surface area (Å²) < 4.78 is 7.50. The Kier molecular flexibility index (Phi) is 35.7. The quantitative estimate of drug-likeness (QED) is 0.0331. The smallest absolute Gasteiger partial charge is 0.0134 e. The summed E-state index contributed by atoms with van der Waals surface area (Å²) in [6, 6.07) is 98.9. The van der Waals surface area contributed by atoms with Crippen molar-refractivity contribution in [3.63, 3.8) is 0 Å². The summed E-state index contributed by atoms with van der Waals surface area (Å²) in [6.07, 6.45) is 4.10. The molecule has 0 aliphatic heterocycles. The van der Waals surface area contributed by atoms with Gasteiger partial charge in [-0.2, -0.15) is 5.26 Å². The predicted molar refractivity (Wildman–Crippen MR) is 328 cm³/mol. The van der Waals surface area contributed by atoms with Gasteiger partial charge in [0, 0.05) is 19.4 Å². The molecule has 5 nitrogen and oxygen atoms in total. The van der Waals surface area contributed by atoms with Crippen LogP contribution in [0.15, 0.2) is 273 Å². The van der Waals surface area contributed by atoms with Gasteiger partial charge in [0.25, 0.3) is 0 Å². The molecule has 1 unspecified atom stereocenters. The van der Waals surface area contributed by atoms with E-state index < -0.39 is 23.8 Å². The van der Waals surface area contributed by atoms with Crippen LogP contribution in [0.1, 0.15) is 52.4 Å². The fraction of sp³-hybridized carbons (Fsp3) is 0.149. The van der Waals surface area contributed by atoms with Gasteiger partial charge in [-0.3, -0.25) is 0 Å². The van der Waals surface area contributed by atoms with E-state index in [4.69, 9.17) is 20.1 Å². The van der Waals surface area contributed by atoms with Crippen molar-refractivity contribution in [1.82, 2.24) is 0 Å². The Morgan fingerprint density at radius 2 is 0.649 bits per heavy atom. The van der Waals surface area contributed by atoms with Gasteiger partial charge >= 0.3 is 38.3 Å². The van der Waals surface area contributed by atoms with E-state index in [0.29, 0.717) is 19.3 Å². The van der Waals surface area contributed by atoms with Crippen LogP contribution in [0.4, 0.5) is 0 Å². The molecule has 0 saturated carbocycles. The van der Waals surface area contributed by atoms with E-state index in [0.717, 1.165) is 19.3 Å². The maximum Gasteiger partial charge on any atom is -0.0134 e. The second-order valence-electron chi connectivity index (χ2n) is 16.8. The second-order valence-corrected chi connectivity index (χ2v) is 23.5. The first-order valence-corrected chi connectivity index (χ1v) is 31.5. The number of aliphatic hydroxyl groups excluding tert-OH is 2. The van der Waals surface area contributed by atoms with Crippen LogP contribution in [0.25, 0.3) is 0 Å². The molecule has 9 rings (SSSR count). The largest absolute Gasteiger partial charge is 0.0622 e. The topological polar surface area (TPSA) is 101 Å². The molecule has 0 amide bonds. The molecule has 0 spiro atoms. The third-order valence-electron chi connectivity index (χ3n) is 11.0. The molecule has 0 aromatic heterocycles. The van der Waals surface area contributed by atoms with E-state index in [9.17, 15) is 4.79 Å². The Balaban J connectivity index is 0.000000260. The molecule has 0 radical (unpaired) electrons. The van der Waals surface area contributed by atoms with Crippen LogP contribution in [0.5, 0.6) is 0 Å². The number of rotatable bonds is 16. The molecule has 1 atom stereocenters. The maximum absolute atomic E-state index is 10.2. The number of hydrogen-bond acceptors (Lipinski definition) is 4. The van der Waals surface area contributed by atoms with Gasteiger partial charge in [0.15, 0.2) is 0 Å². The second kappa shape index (κ2) is 42.1. The fourth-order valence-corrected chi connectivity index (χ4v) is 14.4. The van der Waals surface area contributed by atoms with Crippen LogP contribution in [0.3, 0.4) is 0 Å². The van der Waals surface area contributed by atoms with Gasteiger partial charge in [0.2, 0.25) is 0 Å². The Morgan fingerprint density at radius 3 is 0.792 bits per heavy atom. The minimum absolute atomic E-state index is 0.167. The van der Waals surface area contributed by atoms with Gasteiger partial charge < -0.3 is 15.0 Å². The standard InChI is InChI=1S/3C18H15P.C6H9NO.C6H14O2.CO.ClH.Ru/c3*1-4-10-16(11-5-1)19(17-12-6-2-7-13-17)18-14-8-3-9-15-18;2*1-6(8)4-2-3-5-7;1-2;;/h3*1-15H;2-4H2,1H3;6-8H,2-5H2,1H3;;1H;/q;;;;;;;+1/p-1. The molecule has 0 bridgehead atoms. The molecule has 77 heavy (non-hydrogen) atoms. The van der Waals surface area contributed by atoms with Gasteiger partial charge in [0.05, 0.1) is 12.2 Å². The zero-order valence-corrected chi connectivity index (χ0v) is 48.9. The molecule has 9 aromatic rings. The van der Waals surface area contributed by atoms with Gasteiger partial charge in [-0.1, -0.05) is 273 Å². The van der Waals surface area contributed by atoms with E-state index in [1.165, 1.54) is 54.7 Å². The first kappa shape index (κ1) is 65.3. The maximum atomic E-state index is 10.2. The number of Topliss-reactive ketones (excluding diaryl/α,β-unsaturated/α-hetero) is 1. The van der Waals surface area contributed by atoms with E-state index in [1.807, 2.05) is 23.4 Å². The molecule has 395 valence electrons. The van der Waals surface area contributed by atoms with E-state index in [1.54, 1.807) is 6.92 Å². The zero-order chi connectivity index (χ0) is 55.6. The number of nitriles is 1. The Morgan fingerprint density at radius 1 is 0.455 bits per heavy atom. The molecular weight excluding hydrogens is 1110 g/mol. The SMILES string of the molecule is CC(=O)CCCC#N.CC(O)CCCCO.[C-]#[O+].[Cl][Ru].c1ccc(P(c2ccccc2)c2ccccc2)cc1.c1ccc(P(c2ccccc2)c2ccccc2)cc1.c1ccc(P(c2ccccc2)c2ccccc2)cc1. The van der Waals surface area contributed by atoms with Crippen molar-refractivity contribution >= 4 is 87.0 Å². The van der Waals surface area contributed by atoms with Crippen LogP contribution in [-0.4, -0.2) is 28.7 Å². The average molecular weight is 1180 g/mol. The van der Waals surface area contributed by atoms with Crippen LogP contribution in [0, 0.1) is 18.0 Å². The summed E-state index contributed by atoms with van der Waals surface area (Å²) in [5, 5.41) is 37.6. The first-order chi connectivity index (χ1) is 37.9. The minimum atomic E-state index is -0.446. The number of benzene rings is 9. The molecule has 9 aromatic carbocycles. The molecule has 0 fully saturated rings. The molecule has 0 saturated heterocycles. The summed E-state index contributed by atoms with van der Waals surface area (Å²) in [6.45, 7) is 8.04. The molecule has 0 aliphatic carbocycles.